The van der Waals surface area contributed by atoms with Crippen LogP contribution in [0.5, 0.6) is 0 Å². The Kier molecular flexibility index (Phi) is 2.63. The lowest BCUT2D eigenvalue weighted by Gasteiger charge is -1.99. The summed E-state index contributed by atoms with van der Waals surface area (Å²) in [6, 6.07) is 8.89. The molecule has 0 saturated heterocycles. The first kappa shape index (κ1) is 7.75. The zero-order valence-electron chi connectivity index (χ0n) is 5.95. The second-order valence-electron chi connectivity index (χ2n) is 2.01. The summed E-state index contributed by atoms with van der Waals surface area (Å²) in [5.74, 6) is -0.187. The smallest absolute Gasteiger partial charge is 0.252 e. The summed E-state index contributed by atoms with van der Waals surface area (Å²) in [5, 5.41) is 2.38. The highest BCUT2D eigenvalue weighted by Gasteiger charge is 2.00. The molecule has 0 spiro atoms. The van der Waals surface area contributed by atoms with Gasteiger partial charge in [0.25, 0.3) is 5.91 Å². The minimum Gasteiger partial charge on any atom is -0.334 e. The number of nitrogens with one attached hydrogen (secondary N) is 1. The lowest BCUT2D eigenvalue weighted by molar-refractivity contribution is 0.0964. The minimum atomic E-state index is -0.187. The van der Waals surface area contributed by atoms with Crippen molar-refractivity contribution in [3.8, 4) is 0 Å². The van der Waals surface area contributed by atoms with Crippen molar-refractivity contribution in [3.05, 3.63) is 42.6 Å². The van der Waals surface area contributed by atoms with E-state index in [1.165, 1.54) is 0 Å². The lowest BCUT2D eigenvalue weighted by Crippen LogP contribution is -2.24. The molecule has 1 aromatic rings. The Morgan fingerprint density at radius 1 is 1.36 bits per heavy atom. The Labute approximate surface area is 65.2 Å². The van der Waals surface area contributed by atoms with Crippen LogP contribution in [0.15, 0.2) is 30.3 Å². The highest BCUT2D eigenvalue weighted by molar-refractivity contribution is 5.94. The number of carbonyl (C=O) groups excluding carboxylic acids is 1. The van der Waals surface area contributed by atoms with Crippen LogP contribution in [0.4, 0.5) is 0 Å². The average molecular weight is 149 g/mol. The fraction of sp³-hybridized carbons (Fsp3) is 0. The van der Waals surface area contributed by atoms with Crippen molar-refractivity contribution in [2.45, 2.75) is 0 Å². The number of hydrogen-bond donors (Lipinski definition) is 2. The molecule has 1 radical (unpaired) electrons. The van der Waals surface area contributed by atoms with E-state index in [0.29, 0.717) is 5.56 Å². The SMILES string of the molecule is N[CH]NC(=O)c1ccccc1. The molecule has 11 heavy (non-hydrogen) atoms. The molecule has 0 saturated carbocycles. The Hall–Kier alpha value is -1.35. The molecule has 0 atom stereocenters. The first-order chi connectivity index (χ1) is 5.34. The highest BCUT2D eigenvalue weighted by Crippen LogP contribution is 1.96. The molecular weight excluding hydrogens is 140 g/mol. The Morgan fingerprint density at radius 2 is 2.00 bits per heavy atom. The van der Waals surface area contributed by atoms with Gasteiger partial charge in [0.2, 0.25) is 0 Å². The molecule has 0 heterocycles. The van der Waals surface area contributed by atoms with E-state index in [-0.39, 0.29) is 5.91 Å². The molecule has 57 valence electrons. The van der Waals surface area contributed by atoms with Crippen molar-refractivity contribution in [1.29, 1.82) is 0 Å². The second kappa shape index (κ2) is 3.73. The topological polar surface area (TPSA) is 55.1 Å². The zero-order valence-corrected chi connectivity index (χ0v) is 5.95. The Bertz CT molecular complexity index is 233. The van der Waals surface area contributed by atoms with Gasteiger partial charge in [0.1, 0.15) is 6.67 Å². The largest absolute Gasteiger partial charge is 0.334 e. The van der Waals surface area contributed by atoms with E-state index in [1.54, 1.807) is 24.3 Å². The average Bonchev–Trinajstić information content (AvgIpc) is 2.07. The van der Waals surface area contributed by atoms with Gasteiger partial charge in [-0.3, -0.25) is 4.79 Å². The molecule has 0 aliphatic rings. The van der Waals surface area contributed by atoms with E-state index in [2.05, 4.69) is 5.32 Å². The third-order valence-electron chi connectivity index (χ3n) is 1.25. The van der Waals surface area contributed by atoms with Crippen LogP contribution in [0.25, 0.3) is 0 Å². The third kappa shape index (κ3) is 2.05. The predicted molar refractivity (Wildman–Crippen MR) is 42.4 cm³/mol. The number of rotatable bonds is 2. The maximum Gasteiger partial charge on any atom is 0.252 e. The van der Waals surface area contributed by atoms with Crippen molar-refractivity contribution in [2.75, 3.05) is 0 Å². The van der Waals surface area contributed by atoms with Crippen molar-refractivity contribution in [3.63, 3.8) is 0 Å². The van der Waals surface area contributed by atoms with Gasteiger partial charge in [-0.15, -0.1) is 0 Å². The van der Waals surface area contributed by atoms with Crippen LogP contribution in [-0.4, -0.2) is 5.91 Å². The summed E-state index contributed by atoms with van der Waals surface area (Å²) in [6.07, 6.45) is 0. The normalized spacial score (nSPS) is 9.18. The van der Waals surface area contributed by atoms with Crippen molar-refractivity contribution in [2.24, 2.45) is 5.73 Å². The van der Waals surface area contributed by atoms with Crippen LogP contribution in [-0.2, 0) is 0 Å². The molecular formula is C8H9N2O. The summed E-state index contributed by atoms with van der Waals surface area (Å²) in [5.41, 5.74) is 5.62. The van der Waals surface area contributed by atoms with E-state index < -0.39 is 0 Å². The summed E-state index contributed by atoms with van der Waals surface area (Å²) >= 11 is 0. The maximum atomic E-state index is 11.0. The molecule has 1 aromatic carbocycles. The van der Waals surface area contributed by atoms with E-state index >= 15 is 0 Å². The van der Waals surface area contributed by atoms with Crippen LogP contribution in [0, 0.1) is 6.67 Å². The first-order valence-corrected chi connectivity index (χ1v) is 3.24. The van der Waals surface area contributed by atoms with Crippen molar-refractivity contribution >= 4 is 5.91 Å². The van der Waals surface area contributed by atoms with Crippen molar-refractivity contribution in [1.82, 2.24) is 5.32 Å². The van der Waals surface area contributed by atoms with E-state index in [1.807, 2.05) is 6.07 Å². The summed E-state index contributed by atoms with van der Waals surface area (Å²) < 4.78 is 0. The monoisotopic (exact) mass is 149 g/mol. The molecule has 3 nitrogen and oxygen atoms in total. The molecule has 0 aromatic heterocycles. The van der Waals surface area contributed by atoms with E-state index in [9.17, 15) is 4.79 Å². The number of nitrogens with two attached hydrogens (primary N) is 1. The van der Waals surface area contributed by atoms with Gasteiger partial charge in [-0.1, -0.05) is 18.2 Å². The van der Waals surface area contributed by atoms with Gasteiger partial charge in [0.15, 0.2) is 0 Å². The molecule has 1 rings (SSSR count). The number of carbonyl (C=O) groups is 1. The first-order valence-electron chi connectivity index (χ1n) is 3.24. The molecule has 0 fully saturated rings. The molecule has 0 bridgehead atoms. The fourth-order valence-electron chi connectivity index (χ4n) is 0.749. The van der Waals surface area contributed by atoms with Crippen LogP contribution in [0.2, 0.25) is 0 Å². The summed E-state index contributed by atoms with van der Waals surface area (Å²) in [6.45, 7) is 1.12. The standard InChI is InChI=1S/C8H9N2O/c9-6-10-8(11)7-4-2-1-3-5-7/h1-6H,9H2,(H,10,11). The number of benzene rings is 1. The number of hydrogen-bond acceptors (Lipinski definition) is 2. The lowest BCUT2D eigenvalue weighted by atomic mass is 10.2. The van der Waals surface area contributed by atoms with Gasteiger partial charge in [0.05, 0.1) is 0 Å². The molecule has 1 amide bonds. The van der Waals surface area contributed by atoms with E-state index in [0.717, 1.165) is 6.67 Å². The molecule has 0 aliphatic carbocycles. The summed E-state index contributed by atoms with van der Waals surface area (Å²) in [4.78, 5) is 11.0. The van der Waals surface area contributed by atoms with Gasteiger partial charge < -0.3 is 11.1 Å². The quantitative estimate of drug-likeness (QED) is 0.643. The third-order valence-corrected chi connectivity index (χ3v) is 1.25. The summed E-state index contributed by atoms with van der Waals surface area (Å²) in [7, 11) is 0. The molecule has 0 aliphatic heterocycles. The number of amides is 1. The zero-order chi connectivity index (χ0) is 8.10. The fourth-order valence-corrected chi connectivity index (χ4v) is 0.749. The second-order valence-corrected chi connectivity index (χ2v) is 2.01. The Morgan fingerprint density at radius 3 is 2.55 bits per heavy atom. The van der Waals surface area contributed by atoms with Gasteiger partial charge in [0, 0.05) is 5.56 Å². The van der Waals surface area contributed by atoms with Crippen LogP contribution < -0.4 is 11.1 Å². The van der Waals surface area contributed by atoms with Crippen molar-refractivity contribution < 1.29 is 4.79 Å². The predicted octanol–water partition coefficient (Wildman–Crippen LogP) is 0.494. The molecule has 3 N–H and O–H groups in total. The van der Waals surface area contributed by atoms with Gasteiger partial charge in [-0.25, -0.2) is 0 Å². The minimum absolute atomic E-state index is 0.187. The highest BCUT2D eigenvalue weighted by atomic mass is 16.1. The maximum absolute atomic E-state index is 11.0. The van der Waals surface area contributed by atoms with Crippen LogP contribution in [0.1, 0.15) is 10.4 Å². The van der Waals surface area contributed by atoms with Gasteiger partial charge in [-0.2, -0.15) is 0 Å². The molecule has 3 heteroatoms. The molecule has 0 unspecified atom stereocenters. The van der Waals surface area contributed by atoms with Crippen LogP contribution >= 0.6 is 0 Å². The van der Waals surface area contributed by atoms with Gasteiger partial charge in [-0.05, 0) is 12.1 Å². The van der Waals surface area contributed by atoms with Crippen LogP contribution in [0.3, 0.4) is 0 Å². The Balaban J connectivity index is 2.69. The van der Waals surface area contributed by atoms with E-state index in [4.69, 9.17) is 5.73 Å². The van der Waals surface area contributed by atoms with Gasteiger partial charge >= 0.3 is 0 Å².